The quantitative estimate of drug-likeness (QED) is 0.0451. The van der Waals surface area contributed by atoms with Crippen LogP contribution in [0.1, 0.15) is 208 Å². The van der Waals surface area contributed by atoms with E-state index >= 15 is 0 Å². The van der Waals surface area contributed by atoms with Crippen LogP contribution in [0.5, 0.6) is 0 Å². The van der Waals surface area contributed by atoms with Gasteiger partial charge in [0.25, 0.3) is 0 Å². The minimum Gasteiger partial charge on any atom is -0.480 e. The lowest BCUT2D eigenvalue weighted by Gasteiger charge is -2.58. The number of hydrogen-bond acceptors (Lipinski definition) is 7. The van der Waals surface area contributed by atoms with E-state index in [1.165, 1.54) is 83.5 Å². The van der Waals surface area contributed by atoms with Crippen molar-refractivity contribution in [2.75, 3.05) is 13.1 Å². The SMILES string of the molecule is CC(C)CCC[C@@H](C)C1CC[C@H]2[C@@H]3CC=C4C[C@@H](CCCCCC(=O)CCCC(=O)CCCC(=O)CCCCC[C@@H](C(=O)O)N(CC(=O)O)CC(=O)O)CCC4(C)C3CCC12C. The molecule has 0 saturated heterocycles. The lowest BCUT2D eigenvalue weighted by molar-refractivity contribution is -0.149. The molecule has 0 radical (unpaired) electrons. The summed E-state index contributed by atoms with van der Waals surface area (Å²) in [7, 11) is 0. The van der Waals surface area contributed by atoms with Gasteiger partial charge in [-0.2, -0.15) is 0 Å². The summed E-state index contributed by atoms with van der Waals surface area (Å²) in [5.41, 5.74) is 2.73. The van der Waals surface area contributed by atoms with Crippen molar-refractivity contribution in [2.45, 2.75) is 214 Å². The maximum Gasteiger partial charge on any atom is 0.320 e. The molecule has 4 unspecified atom stereocenters. The van der Waals surface area contributed by atoms with Gasteiger partial charge in [0.1, 0.15) is 23.4 Å². The van der Waals surface area contributed by atoms with Crippen LogP contribution >= 0.6 is 0 Å². The van der Waals surface area contributed by atoms with Crippen LogP contribution in [0.3, 0.4) is 0 Å². The second kappa shape index (κ2) is 25.0. The second-order valence-electron chi connectivity index (χ2n) is 21.5. The lowest BCUT2D eigenvalue weighted by atomic mass is 9.46. The Morgan fingerprint density at radius 2 is 1.23 bits per heavy atom. The number of rotatable bonds is 31. The molecule has 0 amide bonds. The third kappa shape index (κ3) is 15.1. The van der Waals surface area contributed by atoms with Crippen LogP contribution in [0.4, 0.5) is 0 Å². The average molecular weight is 868 g/mol. The molecule has 4 aliphatic carbocycles. The van der Waals surface area contributed by atoms with Crippen LogP contribution in [0.2, 0.25) is 0 Å². The van der Waals surface area contributed by atoms with Gasteiger partial charge in [-0.05, 0) is 136 Å². The van der Waals surface area contributed by atoms with E-state index in [9.17, 15) is 33.9 Å². The van der Waals surface area contributed by atoms with E-state index < -0.39 is 37.0 Å². The highest BCUT2D eigenvalue weighted by atomic mass is 16.4. The summed E-state index contributed by atoms with van der Waals surface area (Å²) in [6, 6.07) is -1.23. The van der Waals surface area contributed by atoms with Crippen molar-refractivity contribution in [3.05, 3.63) is 11.6 Å². The van der Waals surface area contributed by atoms with Crippen LogP contribution in [-0.2, 0) is 28.8 Å². The molecule has 4 aliphatic rings. The van der Waals surface area contributed by atoms with Crippen molar-refractivity contribution in [3.63, 3.8) is 0 Å². The summed E-state index contributed by atoms with van der Waals surface area (Å²) in [6.45, 7) is 11.3. The maximum absolute atomic E-state index is 12.6. The Morgan fingerprint density at radius 1 is 0.645 bits per heavy atom. The molecule has 10 heteroatoms. The average Bonchev–Trinajstić information content (AvgIpc) is 3.55. The zero-order chi connectivity index (χ0) is 45.5. The molecule has 10 nitrogen and oxygen atoms in total. The predicted octanol–water partition coefficient (Wildman–Crippen LogP) is 11.5. The number of aliphatic carboxylic acids is 3. The summed E-state index contributed by atoms with van der Waals surface area (Å²) in [4.78, 5) is 72.1. The van der Waals surface area contributed by atoms with Crippen molar-refractivity contribution in [2.24, 2.45) is 52.3 Å². The summed E-state index contributed by atoms with van der Waals surface area (Å²) in [5, 5.41) is 27.6. The van der Waals surface area contributed by atoms with Crippen molar-refractivity contribution < 1.29 is 44.1 Å². The smallest absolute Gasteiger partial charge is 0.320 e. The van der Waals surface area contributed by atoms with E-state index in [0.717, 1.165) is 59.2 Å². The summed E-state index contributed by atoms with van der Waals surface area (Å²) >= 11 is 0. The zero-order valence-corrected chi connectivity index (χ0v) is 39.4. The molecular weight excluding hydrogens is 783 g/mol. The van der Waals surface area contributed by atoms with Gasteiger partial charge in [-0.1, -0.05) is 97.6 Å². The van der Waals surface area contributed by atoms with E-state index in [-0.39, 0.29) is 23.8 Å². The molecule has 3 fully saturated rings. The second-order valence-corrected chi connectivity index (χ2v) is 21.5. The molecule has 0 heterocycles. The third-order valence-electron chi connectivity index (χ3n) is 16.6. The van der Waals surface area contributed by atoms with Gasteiger partial charge in [-0.25, -0.2) is 0 Å². The van der Waals surface area contributed by atoms with Crippen molar-refractivity contribution in [3.8, 4) is 0 Å². The Balaban J connectivity index is 1.03. The summed E-state index contributed by atoms with van der Waals surface area (Å²) in [5.74, 6) is 2.50. The minimum absolute atomic E-state index is 0.0360. The third-order valence-corrected chi connectivity index (χ3v) is 16.6. The zero-order valence-electron chi connectivity index (χ0n) is 39.4. The predicted molar refractivity (Wildman–Crippen MR) is 244 cm³/mol. The number of unbranched alkanes of at least 4 members (excludes halogenated alkanes) is 4. The molecule has 0 aliphatic heterocycles. The van der Waals surface area contributed by atoms with E-state index in [2.05, 4.69) is 40.7 Å². The monoisotopic (exact) mass is 868 g/mol. The fourth-order valence-electron chi connectivity index (χ4n) is 13.2. The maximum atomic E-state index is 12.6. The van der Waals surface area contributed by atoms with Gasteiger partial charge in [0.15, 0.2) is 0 Å². The summed E-state index contributed by atoms with van der Waals surface area (Å²) < 4.78 is 0. The first kappa shape index (κ1) is 51.8. The molecule has 0 aromatic heterocycles. The molecule has 3 saturated carbocycles. The van der Waals surface area contributed by atoms with Gasteiger partial charge in [0.05, 0.1) is 13.1 Å². The highest BCUT2D eigenvalue weighted by molar-refractivity contribution is 5.82. The van der Waals surface area contributed by atoms with Gasteiger partial charge in [-0.3, -0.25) is 33.7 Å². The van der Waals surface area contributed by atoms with E-state index in [0.29, 0.717) is 81.5 Å². The Labute approximate surface area is 374 Å². The van der Waals surface area contributed by atoms with Crippen molar-refractivity contribution in [1.29, 1.82) is 0 Å². The minimum atomic E-state index is -1.30. The van der Waals surface area contributed by atoms with Crippen LogP contribution < -0.4 is 0 Å². The molecule has 62 heavy (non-hydrogen) atoms. The molecular formula is C52H85NO9. The molecule has 4 rings (SSSR count). The van der Waals surface area contributed by atoms with Gasteiger partial charge >= 0.3 is 17.9 Å². The number of carbonyl (C=O) groups excluding carboxylic acids is 3. The lowest BCUT2D eigenvalue weighted by Crippen LogP contribution is -2.50. The van der Waals surface area contributed by atoms with Crippen LogP contribution in [0, 0.1) is 52.3 Å². The number of fused-ring (bicyclic) bond motifs is 5. The molecule has 352 valence electrons. The number of Topliss-reactive ketones (excluding diaryl/α,β-unsaturated/α-hetero) is 3. The Hall–Kier alpha value is -2.88. The van der Waals surface area contributed by atoms with Crippen LogP contribution in [-0.4, -0.2) is 74.6 Å². The standard InChI is InChI=1S/C52H85NO9/c1-36(2)15-12-16-37(3)44-27-28-45-43-26-25-39-33-38(29-31-51(39,4)46(43)30-32-52(44,45)5)17-8-6-9-18-40(54)20-13-22-42(56)23-14-21-41(55)19-10-7-11-24-47(50(61)62)53(34-48(57)58)35-49(59)60/h25,36-38,43-47H,6-24,26-35H2,1-5H3,(H,57,58)(H,59,60)(H,61,62)/t37-,38+,43+,44?,45+,46?,47+,51?,52?/m1/s1. The van der Waals surface area contributed by atoms with Gasteiger partial charge in [0, 0.05) is 38.5 Å². The van der Waals surface area contributed by atoms with Crippen molar-refractivity contribution in [1.82, 2.24) is 4.90 Å². The topological polar surface area (TPSA) is 166 Å². The largest absolute Gasteiger partial charge is 0.480 e. The Morgan fingerprint density at radius 3 is 1.79 bits per heavy atom. The fourth-order valence-corrected chi connectivity index (χ4v) is 13.2. The number of carboxylic acids is 3. The van der Waals surface area contributed by atoms with Crippen LogP contribution in [0.25, 0.3) is 0 Å². The highest BCUT2D eigenvalue weighted by Gasteiger charge is 2.59. The number of nitrogens with zero attached hydrogens (tertiary/aromatic N) is 1. The molecule has 0 aromatic carbocycles. The number of carboxylic acid groups (broad SMARTS) is 3. The molecule has 0 bridgehead atoms. The number of hydrogen-bond donors (Lipinski definition) is 3. The first-order valence-corrected chi connectivity index (χ1v) is 25.1. The van der Waals surface area contributed by atoms with E-state index in [1.807, 2.05) is 0 Å². The van der Waals surface area contributed by atoms with Gasteiger partial charge in [0.2, 0.25) is 0 Å². The molecule has 0 spiro atoms. The van der Waals surface area contributed by atoms with Crippen LogP contribution in [0.15, 0.2) is 11.6 Å². The number of ketones is 3. The molecule has 9 atom stereocenters. The number of allylic oxidation sites excluding steroid dienone is 2. The van der Waals surface area contributed by atoms with E-state index in [4.69, 9.17) is 10.2 Å². The highest BCUT2D eigenvalue weighted by Crippen LogP contribution is 2.67. The Kier molecular flexibility index (Phi) is 20.9. The fraction of sp³-hybridized carbons (Fsp3) is 0.846. The van der Waals surface area contributed by atoms with E-state index in [1.54, 1.807) is 5.57 Å². The van der Waals surface area contributed by atoms with Gasteiger partial charge in [-0.15, -0.1) is 0 Å². The van der Waals surface area contributed by atoms with Gasteiger partial charge < -0.3 is 15.3 Å². The Bertz CT molecular complexity index is 1520. The summed E-state index contributed by atoms with van der Waals surface area (Å²) in [6.07, 6.45) is 27.4. The molecule has 3 N–H and O–H groups in total. The first-order chi connectivity index (χ1) is 29.4. The normalized spacial score (nSPS) is 27.8. The number of carbonyl (C=O) groups is 6. The van der Waals surface area contributed by atoms with Crippen molar-refractivity contribution >= 4 is 35.3 Å². The first-order valence-electron chi connectivity index (χ1n) is 25.1. The molecule has 0 aromatic rings.